The molecule has 3 aromatic carbocycles. The molecule has 1 unspecified atom stereocenters. The van der Waals surface area contributed by atoms with Crippen molar-refractivity contribution < 1.29 is 9.05 Å². The lowest BCUT2D eigenvalue weighted by atomic mass is 9.77. The van der Waals surface area contributed by atoms with E-state index in [1.807, 2.05) is 0 Å². The van der Waals surface area contributed by atoms with E-state index in [0.717, 1.165) is 16.8 Å². The standard InChI is InChI=1S/C40H57O2P/c1-14-15-18-21-40(12,13)29-23-31(26(2)3)36(32(24-29)27(4)5)41-43-35-20-17-16-19-30(35)33-22-28(38(6,7)8)25-34(37(33)42-43)39(9,10)11/h16-17,19-20,22-27H,14-15,18,21H2,1-13H3. The Morgan fingerprint density at radius 2 is 1.33 bits per heavy atom. The lowest BCUT2D eigenvalue weighted by molar-refractivity contribution is 0.446. The summed E-state index contributed by atoms with van der Waals surface area (Å²) >= 11 is 0. The molecule has 0 radical (unpaired) electrons. The maximum absolute atomic E-state index is 7.20. The number of unbranched alkanes of at least 4 members (excludes halogenated alkanes) is 2. The highest BCUT2D eigenvalue weighted by molar-refractivity contribution is 7.57. The second-order valence-electron chi connectivity index (χ2n) is 16.0. The molecule has 0 amide bonds. The molecule has 4 rings (SSSR count). The van der Waals surface area contributed by atoms with Crippen molar-refractivity contribution in [2.75, 3.05) is 0 Å². The van der Waals surface area contributed by atoms with Crippen LogP contribution in [0.5, 0.6) is 11.5 Å². The number of fused-ring (bicyclic) bond motifs is 3. The first-order valence-corrected chi connectivity index (χ1v) is 17.8. The van der Waals surface area contributed by atoms with Crippen molar-refractivity contribution in [1.29, 1.82) is 0 Å². The van der Waals surface area contributed by atoms with Crippen molar-refractivity contribution >= 4 is 13.7 Å². The maximum Gasteiger partial charge on any atom is 0.326 e. The van der Waals surface area contributed by atoms with Crippen LogP contribution in [-0.4, -0.2) is 0 Å². The highest BCUT2D eigenvalue weighted by Gasteiger charge is 2.36. The van der Waals surface area contributed by atoms with E-state index in [1.54, 1.807) is 0 Å². The van der Waals surface area contributed by atoms with Gasteiger partial charge in [0, 0.05) is 11.1 Å². The third kappa shape index (κ3) is 7.17. The summed E-state index contributed by atoms with van der Waals surface area (Å²) in [6, 6.07) is 18.3. The van der Waals surface area contributed by atoms with Crippen molar-refractivity contribution in [2.24, 2.45) is 0 Å². The molecule has 0 aliphatic carbocycles. The third-order valence-electron chi connectivity index (χ3n) is 9.08. The van der Waals surface area contributed by atoms with Gasteiger partial charge >= 0.3 is 8.38 Å². The van der Waals surface area contributed by atoms with Crippen LogP contribution in [0.15, 0.2) is 48.5 Å². The van der Waals surface area contributed by atoms with E-state index >= 15 is 0 Å². The van der Waals surface area contributed by atoms with Gasteiger partial charge < -0.3 is 9.05 Å². The molecule has 0 bridgehead atoms. The molecule has 0 saturated heterocycles. The molecular weight excluding hydrogens is 543 g/mol. The first kappa shape index (κ1) is 33.6. The van der Waals surface area contributed by atoms with Gasteiger partial charge in [0.15, 0.2) is 0 Å². The van der Waals surface area contributed by atoms with E-state index in [1.165, 1.54) is 64.6 Å². The predicted octanol–water partition coefficient (Wildman–Crippen LogP) is 12.5. The van der Waals surface area contributed by atoms with Gasteiger partial charge in [-0.2, -0.15) is 0 Å². The minimum Gasteiger partial charge on any atom is -0.435 e. The average Bonchev–Trinajstić information content (AvgIpc) is 2.91. The van der Waals surface area contributed by atoms with Gasteiger partial charge in [0.05, 0.1) is 5.30 Å². The van der Waals surface area contributed by atoms with E-state index in [4.69, 9.17) is 9.05 Å². The number of benzene rings is 3. The first-order valence-electron chi connectivity index (χ1n) is 16.6. The van der Waals surface area contributed by atoms with Gasteiger partial charge in [0.1, 0.15) is 11.5 Å². The average molecular weight is 601 g/mol. The minimum absolute atomic E-state index is 0.0348. The predicted molar refractivity (Wildman–Crippen MR) is 189 cm³/mol. The molecule has 1 heterocycles. The van der Waals surface area contributed by atoms with Crippen molar-refractivity contribution in [1.82, 2.24) is 0 Å². The summed E-state index contributed by atoms with van der Waals surface area (Å²) in [5, 5.41) is 1.16. The zero-order valence-corrected chi connectivity index (χ0v) is 30.3. The Morgan fingerprint density at radius 1 is 0.721 bits per heavy atom. The second-order valence-corrected chi connectivity index (χ2v) is 17.4. The summed E-state index contributed by atoms with van der Waals surface area (Å²) in [6.07, 6.45) is 5.00. The number of rotatable bonds is 9. The summed E-state index contributed by atoms with van der Waals surface area (Å²) in [5.74, 6) is 2.67. The van der Waals surface area contributed by atoms with Gasteiger partial charge in [0.2, 0.25) is 0 Å². The number of hydrogen-bond donors (Lipinski definition) is 0. The van der Waals surface area contributed by atoms with Crippen LogP contribution in [0.25, 0.3) is 11.1 Å². The fraction of sp³-hybridized carbons (Fsp3) is 0.550. The van der Waals surface area contributed by atoms with Gasteiger partial charge in [-0.25, -0.2) is 0 Å². The minimum atomic E-state index is -1.38. The van der Waals surface area contributed by atoms with Gasteiger partial charge in [-0.3, -0.25) is 0 Å². The molecule has 0 fully saturated rings. The summed E-state index contributed by atoms with van der Waals surface area (Å²) < 4.78 is 14.3. The van der Waals surface area contributed by atoms with Crippen LogP contribution >= 0.6 is 8.38 Å². The Balaban J connectivity index is 1.88. The van der Waals surface area contributed by atoms with Gasteiger partial charge in [-0.15, -0.1) is 0 Å². The Morgan fingerprint density at radius 3 is 1.86 bits per heavy atom. The van der Waals surface area contributed by atoms with Crippen molar-refractivity contribution in [3.05, 3.63) is 76.3 Å². The summed E-state index contributed by atoms with van der Waals surface area (Å²) in [5.41, 5.74) is 9.09. The van der Waals surface area contributed by atoms with Crippen LogP contribution in [0, 0.1) is 0 Å². The molecular formula is C40H57O2P. The van der Waals surface area contributed by atoms with Gasteiger partial charge in [-0.1, -0.05) is 146 Å². The molecule has 0 aromatic heterocycles. The molecule has 0 saturated carbocycles. The molecule has 2 nitrogen and oxygen atoms in total. The molecule has 3 heteroatoms. The van der Waals surface area contributed by atoms with Crippen molar-refractivity contribution in [3.63, 3.8) is 0 Å². The Hall–Kier alpha value is -2.31. The molecule has 1 atom stereocenters. The third-order valence-corrected chi connectivity index (χ3v) is 10.6. The number of hydrogen-bond acceptors (Lipinski definition) is 2. The normalized spacial score (nSPS) is 15.4. The topological polar surface area (TPSA) is 18.5 Å². The summed E-state index contributed by atoms with van der Waals surface area (Å²) in [4.78, 5) is 0. The SMILES string of the molecule is CCCCCC(C)(C)c1cc(C(C)C)c(OP2Oc3c(cc(C(C)(C)C)cc3C(C)(C)C)-c3ccccc32)c(C(C)C)c1. The maximum atomic E-state index is 7.20. The fourth-order valence-corrected chi connectivity index (χ4v) is 7.62. The lowest BCUT2D eigenvalue weighted by Crippen LogP contribution is -2.24. The van der Waals surface area contributed by atoms with Crippen LogP contribution in [0.1, 0.15) is 155 Å². The quantitative estimate of drug-likeness (QED) is 0.180. The van der Waals surface area contributed by atoms with Crippen LogP contribution in [0.4, 0.5) is 0 Å². The van der Waals surface area contributed by atoms with E-state index in [9.17, 15) is 0 Å². The van der Waals surface area contributed by atoms with E-state index in [-0.39, 0.29) is 16.2 Å². The van der Waals surface area contributed by atoms with Gasteiger partial charge in [-0.05, 0) is 74.5 Å². The van der Waals surface area contributed by atoms with Crippen molar-refractivity contribution in [2.45, 2.75) is 144 Å². The second kappa shape index (κ2) is 12.6. The highest BCUT2D eigenvalue weighted by Crippen LogP contribution is 2.55. The van der Waals surface area contributed by atoms with Crippen LogP contribution in [0.3, 0.4) is 0 Å². The van der Waals surface area contributed by atoms with Crippen LogP contribution in [0.2, 0.25) is 0 Å². The van der Waals surface area contributed by atoms with Crippen molar-refractivity contribution in [3.8, 4) is 22.6 Å². The zero-order chi connectivity index (χ0) is 31.9. The van der Waals surface area contributed by atoms with E-state index in [0.29, 0.717) is 11.8 Å². The Bertz CT molecular complexity index is 1400. The zero-order valence-electron chi connectivity index (χ0n) is 29.4. The fourth-order valence-electron chi connectivity index (χ4n) is 6.05. The lowest BCUT2D eigenvalue weighted by Gasteiger charge is -2.35. The highest BCUT2D eigenvalue weighted by atomic mass is 31.2. The van der Waals surface area contributed by atoms with E-state index in [2.05, 4.69) is 139 Å². The molecule has 3 aromatic rings. The molecule has 1 aliphatic rings. The van der Waals surface area contributed by atoms with E-state index < -0.39 is 8.38 Å². The Kier molecular flexibility index (Phi) is 9.83. The Labute approximate surface area is 264 Å². The largest absolute Gasteiger partial charge is 0.435 e. The smallest absolute Gasteiger partial charge is 0.326 e. The molecule has 234 valence electrons. The van der Waals surface area contributed by atoms with Crippen LogP contribution < -0.4 is 14.4 Å². The summed E-state index contributed by atoms with van der Waals surface area (Å²) in [6.45, 7) is 30.0. The first-order chi connectivity index (χ1) is 20.0. The molecule has 43 heavy (non-hydrogen) atoms. The molecule has 0 N–H and O–H groups in total. The summed E-state index contributed by atoms with van der Waals surface area (Å²) in [7, 11) is -1.38. The molecule has 0 spiro atoms. The molecule has 1 aliphatic heterocycles. The van der Waals surface area contributed by atoms with Crippen LogP contribution in [-0.2, 0) is 16.2 Å². The van der Waals surface area contributed by atoms with Gasteiger partial charge in [0.25, 0.3) is 0 Å². The monoisotopic (exact) mass is 600 g/mol.